The summed E-state index contributed by atoms with van der Waals surface area (Å²) < 4.78 is 3.74. The molecule has 1 aliphatic rings. The summed E-state index contributed by atoms with van der Waals surface area (Å²) in [5, 5.41) is 4.06. The van der Waals surface area contributed by atoms with E-state index in [4.69, 9.17) is 0 Å². The number of hydrogen-bond donors (Lipinski definition) is 0. The van der Waals surface area contributed by atoms with E-state index in [2.05, 4.69) is 92.1 Å². The van der Waals surface area contributed by atoms with E-state index in [1.165, 1.54) is 51.4 Å². The third-order valence-electron chi connectivity index (χ3n) is 8.92. The predicted octanol–water partition coefficient (Wildman–Crippen LogP) is 9.17. The summed E-state index contributed by atoms with van der Waals surface area (Å²) in [5.41, 5.74) is 0. The Bertz CT molecular complexity index is 897. The molecule has 1 aliphatic heterocycles. The molecule has 6 heteroatoms. The Morgan fingerprint density at radius 3 is 1.03 bits per heavy atom. The summed E-state index contributed by atoms with van der Waals surface area (Å²) in [6.07, 6.45) is 11.4. The molecule has 204 valence electrons. The number of rotatable bonds is 14. The average Bonchev–Trinajstić information content (AvgIpc) is 3.45. The van der Waals surface area contributed by atoms with Gasteiger partial charge in [-0.3, -0.25) is 0 Å². The fraction of sp³-hybridized carbons (Fsp3) is 0.733. The number of hydrogen-bond acceptors (Lipinski definition) is 2. The van der Waals surface area contributed by atoms with Gasteiger partial charge >= 0.3 is 246 Å². The van der Waals surface area contributed by atoms with E-state index in [1.807, 2.05) is 25.9 Å². The van der Waals surface area contributed by atoms with Crippen LogP contribution < -0.4 is 16.2 Å². The summed E-state index contributed by atoms with van der Waals surface area (Å²) in [6.45, 7) is 9.83. The number of fused-ring (bicyclic) bond motifs is 3. The molecule has 0 radical (unpaired) electrons. The third-order valence-corrected chi connectivity index (χ3v) is 50.2. The van der Waals surface area contributed by atoms with Crippen molar-refractivity contribution in [3.05, 3.63) is 12.1 Å². The molecule has 2 aromatic heterocycles. The summed E-state index contributed by atoms with van der Waals surface area (Å²) in [6, 6.07) is 12.2. The van der Waals surface area contributed by atoms with E-state index in [0.29, 0.717) is 0 Å². The van der Waals surface area contributed by atoms with Crippen molar-refractivity contribution < 1.29 is 0 Å². The van der Waals surface area contributed by atoms with Gasteiger partial charge in [0.1, 0.15) is 0 Å². The third kappa shape index (κ3) is 6.18. The van der Waals surface area contributed by atoms with E-state index < -0.39 is 51.9 Å². The maximum absolute atomic E-state index is 2.93. The molecule has 0 saturated carbocycles. The first-order chi connectivity index (χ1) is 16.9. The van der Waals surface area contributed by atoms with E-state index >= 15 is 0 Å². The molecule has 0 N–H and O–H groups in total. The van der Waals surface area contributed by atoms with Crippen molar-refractivity contribution in [2.45, 2.75) is 133 Å². The molecule has 0 spiro atoms. The molecule has 0 aliphatic carbocycles. The Balaban J connectivity index is 2.47. The van der Waals surface area contributed by atoms with Crippen molar-refractivity contribution in [3.8, 4) is 9.75 Å². The van der Waals surface area contributed by atoms with Crippen LogP contribution in [-0.2, 0) is 0 Å². The number of thiophene rings is 2. The van der Waals surface area contributed by atoms with Crippen LogP contribution in [0.3, 0.4) is 0 Å². The molecule has 0 fully saturated rings. The van der Waals surface area contributed by atoms with E-state index in [-0.39, 0.29) is 0 Å². The molecule has 0 amide bonds. The first kappa shape index (κ1) is 32.0. The monoisotopic (exact) mass is 776 g/mol. The molecular weight excluding hydrogens is 718 g/mol. The zero-order valence-electron chi connectivity index (χ0n) is 25.5. The Morgan fingerprint density at radius 2 is 0.806 bits per heavy atom. The SMILES string of the molecule is CCCC[Si]1(CCCC)c2c[c]([Sn]([CH3])([CH3])[CH3])sc2-c2s[c]([Sn]([CH3])([CH3])[CH3])cc2[Si]1(CCCC)CCCC. The fourth-order valence-electron chi connectivity index (χ4n) is 6.75. The average molecular weight is 775 g/mol. The maximum atomic E-state index is 2.93. The first-order valence-corrected chi connectivity index (χ1v) is 42.7. The summed E-state index contributed by atoms with van der Waals surface area (Å²) in [7, 11) is -3.28. The van der Waals surface area contributed by atoms with Crippen molar-refractivity contribution in [2.75, 3.05) is 0 Å². The summed E-state index contributed by atoms with van der Waals surface area (Å²) >= 11 is 0.291. The molecule has 0 unspecified atom stereocenters. The van der Waals surface area contributed by atoms with E-state index in [9.17, 15) is 0 Å². The zero-order valence-corrected chi connectivity index (χ0v) is 34.8. The van der Waals surface area contributed by atoms with Gasteiger partial charge in [-0.1, -0.05) is 0 Å². The van der Waals surface area contributed by atoms with Gasteiger partial charge in [0, 0.05) is 0 Å². The second-order valence-corrected chi connectivity index (χ2v) is 59.9. The van der Waals surface area contributed by atoms with Gasteiger partial charge in [-0.25, -0.2) is 0 Å². The van der Waals surface area contributed by atoms with Crippen molar-refractivity contribution >= 4 is 90.8 Å². The minimum absolute atomic E-state index is 1.37. The van der Waals surface area contributed by atoms with Crippen LogP contribution in [-0.4, -0.2) is 51.9 Å². The normalized spacial score (nSPS) is 16.7. The fourth-order valence-corrected chi connectivity index (χ4v) is 45.1. The van der Waals surface area contributed by atoms with Gasteiger partial charge in [0.15, 0.2) is 0 Å². The van der Waals surface area contributed by atoms with Crippen LogP contribution in [0, 0.1) is 0 Å². The molecule has 0 nitrogen and oxygen atoms in total. The van der Waals surface area contributed by atoms with Gasteiger partial charge < -0.3 is 0 Å². The van der Waals surface area contributed by atoms with Gasteiger partial charge in [-0.15, -0.1) is 0 Å². The van der Waals surface area contributed by atoms with Gasteiger partial charge in [0.2, 0.25) is 0 Å². The molecule has 36 heavy (non-hydrogen) atoms. The van der Waals surface area contributed by atoms with Crippen molar-refractivity contribution in [1.82, 2.24) is 0 Å². The number of unbranched alkanes of at least 4 members (excludes halogenated alkanes) is 4. The Hall–Kier alpha value is 1.43. The van der Waals surface area contributed by atoms with Crippen LogP contribution in [0.15, 0.2) is 12.1 Å². The van der Waals surface area contributed by atoms with Crippen LogP contribution >= 0.6 is 22.7 Å². The van der Waals surface area contributed by atoms with E-state index in [1.54, 1.807) is 24.2 Å². The van der Waals surface area contributed by atoms with E-state index in [0.717, 1.165) is 0 Å². The summed E-state index contributed by atoms with van der Waals surface area (Å²) in [4.78, 5) is 19.6. The molecule has 0 saturated heterocycles. The first-order valence-electron chi connectivity index (χ1n) is 15.2. The van der Waals surface area contributed by atoms with Crippen molar-refractivity contribution in [1.29, 1.82) is 0 Å². The predicted molar refractivity (Wildman–Crippen MR) is 183 cm³/mol. The molecule has 2 aromatic rings. The zero-order chi connectivity index (χ0) is 26.8. The van der Waals surface area contributed by atoms with Gasteiger partial charge in [-0.2, -0.15) is 0 Å². The van der Waals surface area contributed by atoms with Crippen molar-refractivity contribution in [3.63, 3.8) is 0 Å². The van der Waals surface area contributed by atoms with Crippen LogP contribution in [0.25, 0.3) is 9.75 Å². The van der Waals surface area contributed by atoms with Crippen LogP contribution in [0.2, 0.25) is 53.8 Å². The Labute approximate surface area is 243 Å². The molecular formula is C30H56S2Si2Sn2. The van der Waals surface area contributed by atoms with Gasteiger partial charge in [0.25, 0.3) is 0 Å². The summed E-state index contributed by atoms with van der Waals surface area (Å²) in [5.74, 6) is 0. The molecule has 0 aromatic carbocycles. The topological polar surface area (TPSA) is 0 Å². The second kappa shape index (κ2) is 12.9. The quantitative estimate of drug-likeness (QED) is 0.168. The van der Waals surface area contributed by atoms with Crippen molar-refractivity contribution in [2.24, 2.45) is 0 Å². The van der Waals surface area contributed by atoms with Crippen LogP contribution in [0.5, 0.6) is 0 Å². The Morgan fingerprint density at radius 1 is 0.528 bits per heavy atom. The minimum atomic E-state index is -2.17. The van der Waals surface area contributed by atoms with Crippen LogP contribution in [0.1, 0.15) is 79.1 Å². The Kier molecular flexibility index (Phi) is 11.5. The van der Waals surface area contributed by atoms with Crippen LogP contribution in [0.4, 0.5) is 0 Å². The molecule has 3 rings (SSSR count). The standard InChI is InChI=1S/C24H38S2Si2.6CH3.2Sn/c1-5-9-17-27(18-10-6-2)21-13-15-25-23(21)24-22(14-16-26-24)28(27,19-11-7-3)20-12-8-4;;;;;;;;/h13-14H,5-12,17-20H2,1-4H3;6*1H3;;. The molecule has 0 bridgehead atoms. The van der Waals surface area contributed by atoms with Gasteiger partial charge in [0.05, 0.1) is 0 Å². The molecule has 0 atom stereocenters. The second-order valence-electron chi connectivity index (χ2n) is 13.8. The molecule has 3 heterocycles. The van der Waals surface area contributed by atoms with Gasteiger partial charge in [-0.05, 0) is 0 Å².